The number of hydrogen-bond donors (Lipinski definition) is 3. The minimum absolute atomic E-state index is 0.0768. The molecule has 1 heterocycles. The Morgan fingerprint density at radius 1 is 1.53 bits per heavy atom. The molecule has 2 rings (SSSR count). The highest BCUT2D eigenvalue weighted by molar-refractivity contribution is 8.00. The number of rotatable bonds is 5. The fraction of sp³-hybridized carbons (Fsp3) is 0.500. The van der Waals surface area contributed by atoms with Gasteiger partial charge in [0.05, 0.1) is 11.4 Å². The zero-order chi connectivity index (χ0) is 13.7. The maximum absolute atomic E-state index is 11.7. The molecule has 4 N–H and O–H groups in total. The van der Waals surface area contributed by atoms with Crippen molar-refractivity contribution < 1.29 is 4.79 Å². The molecule has 5 heteroatoms. The van der Waals surface area contributed by atoms with Crippen LogP contribution in [0.15, 0.2) is 18.2 Å². The first-order valence-electron chi connectivity index (χ1n) is 6.74. The molecule has 0 saturated carbocycles. The summed E-state index contributed by atoms with van der Waals surface area (Å²) in [7, 11) is 0. The van der Waals surface area contributed by atoms with Crippen LogP contribution in [0, 0.1) is 0 Å². The smallest absolute Gasteiger partial charge is 0.251 e. The van der Waals surface area contributed by atoms with Crippen molar-refractivity contribution in [2.24, 2.45) is 0 Å². The number of nitrogens with one attached hydrogen (secondary N) is 2. The summed E-state index contributed by atoms with van der Waals surface area (Å²) in [5.74, 6) is 1.19. The van der Waals surface area contributed by atoms with E-state index in [2.05, 4.69) is 10.6 Å². The lowest BCUT2D eigenvalue weighted by atomic mass is 10.1. The van der Waals surface area contributed by atoms with Crippen LogP contribution in [0.1, 0.15) is 30.1 Å². The highest BCUT2D eigenvalue weighted by atomic mass is 32.2. The fourth-order valence-electron chi connectivity index (χ4n) is 2.16. The Morgan fingerprint density at radius 3 is 3.00 bits per heavy atom. The first-order valence-corrected chi connectivity index (χ1v) is 7.78. The van der Waals surface area contributed by atoms with E-state index in [4.69, 9.17) is 5.73 Å². The van der Waals surface area contributed by atoms with E-state index >= 15 is 0 Å². The molecule has 1 aliphatic rings. The van der Waals surface area contributed by atoms with E-state index in [1.54, 1.807) is 6.07 Å². The molecule has 0 radical (unpaired) electrons. The van der Waals surface area contributed by atoms with Crippen molar-refractivity contribution in [3.8, 4) is 0 Å². The Hall–Kier alpha value is -1.36. The number of carbonyl (C=O) groups excluding carboxylic acids is 1. The van der Waals surface area contributed by atoms with Gasteiger partial charge in [0.25, 0.3) is 5.91 Å². The predicted molar refractivity (Wildman–Crippen MR) is 82.8 cm³/mol. The molecule has 104 valence electrons. The first kappa shape index (κ1) is 14.1. The first-order chi connectivity index (χ1) is 9.20. The van der Waals surface area contributed by atoms with E-state index in [-0.39, 0.29) is 5.91 Å². The van der Waals surface area contributed by atoms with Crippen LogP contribution in [0.2, 0.25) is 0 Å². The molecule has 4 nitrogen and oxygen atoms in total. The summed E-state index contributed by atoms with van der Waals surface area (Å²) in [6.07, 6.45) is 2.58. The van der Waals surface area contributed by atoms with Crippen LogP contribution in [0.3, 0.4) is 0 Å². The predicted octanol–water partition coefficient (Wildman–Crippen LogP) is 2.33. The van der Waals surface area contributed by atoms with Gasteiger partial charge in [-0.2, -0.15) is 11.8 Å². The number of amides is 1. The molecule has 1 amide bonds. The summed E-state index contributed by atoms with van der Waals surface area (Å²) < 4.78 is 0. The average Bonchev–Trinajstić information content (AvgIpc) is 2.90. The molecule has 0 aliphatic carbocycles. The van der Waals surface area contributed by atoms with Crippen molar-refractivity contribution in [2.45, 2.75) is 25.0 Å². The summed E-state index contributed by atoms with van der Waals surface area (Å²) in [6.45, 7) is 3.46. The lowest BCUT2D eigenvalue weighted by Crippen LogP contribution is -2.23. The van der Waals surface area contributed by atoms with Crippen molar-refractivity contribution in [1.82, 2.24) is 5.32 Å². The van der Waals surface area contributed by atoms with Gasteiger partial charge in [-0.05, 0) is 43.7 Å². The second kappa shape index (κ2) is 6.70. The van der Waals surface area contributed by atoms with E-state index in [1.807, 2.05) is 30.8 Å². The quantitative estimate of drug-likeness (QED) is 0.724. The standard InChI is InChI=1S/C14H21N3OS/c1-2-16-14(18)10-5-6-13(12(15)8-10)17-9-11-4-3-7-19-11/h5-6,8,11,17H,2-4,7,9,15H2,1H3,(H,16,18). The molecule has 19 heavy (non-hydrogen) atoms. The largest absolute Gasteiger partial charge is 0.397 e. The number of anilines is 2. The Labute approximate surface area is 118 Å². The lowest BCUT2D eigenvalue weighted by Gasteiger charge is -2.14. The van der Waals surface area contributed by atoms with Gasteiger partial charge >= 0.3 is 0 Å². The van der Waals surface area contributed by atoms with Gasteiger partial charge < -0.3 is 16.4 Å². The minimum atomic E-state index is -0.0768. The minimum Gasteiger partial charge on any atom is -0.397 e. The third-order valence-electron chi connectivity index (χ3n) is 3.20. The van der Waals surface area contributed by atoms with Crippen LogP contribution in [-0.2, 0) is 0 Å². The molecule has 1 aromatic rings. The zero-order valence-corrected chi connectivity index (χ0v) is 12.1. The Morgan fingerprint density at radius 2 is 2.37 bits per heavy atom. The van der Waals surface area contributed by atoms with Crippen LogP contribution >= 0.6 is 11.8 Å². The summed E-state index contributed by atoms with van der Waals surface area (Å²) in [5.41, 5.74) is 8.15. The summed E-state index contributed by atoms with van der Waals surface area (Å²) in [6, 6.07) is 5.43. The van der Waals surface area contributed by atoms with Crippen molar-refractivity contribution in [3.05, 3.63) is 23.8 Å². The molecule has 1 atom stereocenters. The van der Waals surface area contributed by atoms with Crippen LogP contribution in [0.4, 0.5) is 11.4 Å². The van der Waals surface area contributed by atoms with Crippen LogP contribution in [0.5, 0.6) is 0 Å². The molecule has 0 spiro atoms. The zero-order valence-electron chi connectivity index (χ0n) is 11.2. The van der Waals surface area contributed by atoms with Crippen molar-refractivity contribution in [2.75, 3.05) is 29.9 Å². The molecule has 0 aromatic heterocycles. The number of benzene rings is 1. The molecular formula is C14H21N3OS. The van der Waals surface area contributed by atoms with Gasteiger partial charge in [-0.25, -0.2) is 0 Å². The molecule has 1 unspecified atom stereocenters. The Bertz CT molecular complexity index is 444. The summed E-state index contributed by atoms with van der Waals surface area (Å²) >= 11 is 2.01. The topological polar surface area (TPSA) is 67.2 Å². The maximum Gasteiger partial charge on any atom is 0.251 e. The van der Waals surface area contributed by atoms with E-state index in [9.17, 15) is 4.79 Å². The molecule has 1 fully saturated rings. The molecule has 0 bridgehead atoms. The summed E-state index contributed by atoms with van der Waals surface area (Å²) in [4.78, 5) is 11.7. The molecule has 1 aromatic carbocycles. The second-order valence-corrected chi connectivity index (χ2v) is 6.09. The average molecular weight is 279 g/mol. The number of nitrogen functional groups attached to an aromatic ring is 1. The van der Waals surface area contributed by atoms with Gasteiger partial charge in [-0.3, -0.25) is 4.79 Å². The van der Waals surface area contributed by atoms with E-state index in [0.29, 0.717) is 23.0 Å². The van der Waals surface area contributed by atoms with Crippen molar-refractivity contribution in [3.63, 3.8) is 0 Å². The van der Waals surface area contributed by atoms with E-state index in [0.717, 1.165) is 12.2 Å². The number of hydrogen-bond acceptors (Lipinski definition) is 4. The highest BCUT2D eigenvalue weighted by Gasteiger charge is 2.15. The molecular weight excluding hydrogens is 258 g/mol. The fourth-order valence-corrected chi connectivity index (χ4v) is 3.36. The van der Waals surface area contributed by atoms with Gasteiger partial charge in [-0.15, -0.1) is 0 Å². The lowest BCUT2D eigenvalue weighted by molar-refractivity contribution is 0.0956. The highest BCUT2D eigenvalue weighted by Crippen LogP contribution is 2.27. The van der Waals surface area contributed by atoms with E-state index < -0.39 is 0 Å². The van der Waals surface area contributed by atoms with Gasteiger partial charge in [0.15, 0.2) is 0 Å². The SMILES string of the molecule is CCNC(=O)c1ccc(NCC2CCCS2)c(N)c1. The number of nitrogens with two attached hydrogens (primary N) is 1. The third kappa shape index (κ3) is 3.80. The molecule has 1 saturated heterocycles. The second-order valence-electron chi connectivity index (χ2n) is 4.68. The van der Waals surface area contributed by atoms with E-state index in [1.165, 1.54) is 18.6 Å². The summed E-state index contributed by atoms with van der Waals surface area (Å²) in [5, 5.41) is 6.83. The Kier molecular flexibility index (Phi) is 4.96. The van der Waals surface area contributed by atoms with Gasteiger partial charge in [0.1, 0.15) is 0 Å². The van der Waals surface area contributed by atoms with Crippen molar-refractivity contribution >= 4 is 29.0 Å². The van der Waals surface area contributed by atoms with Crippen LogP contribution in [0.25, 0.3) is 0 Å². The number of thioether (sulfide) groups is 1. The van der Waals surface area contributed by atoms with Gasteiger partial charge in [0, 0.05) is 23.9 Å². The van der Waals surface area contributed by atoms with Crippen LogP contribution < -0.4 is 16.4 Å². The normalized spacial score (nSPS) is 18.3. The van der Waals surface area contributed by atoms with Crippen molar-refractivity contribution in [1.29, 1.82) is 0 Å². The van der Waals surface area contributed by atoms with Gasteiger partial charge in [0.2, 0.25) is 0 Å². The monoisotopic (exact) mass is 279 g/mol. The number of carbonyl (C=O) groups is 1. The van der Waals surface area contributed by atoms with Gasteiger partial charge in [-0.1, -0.05) is 0 Å². The Balaban J connectivity index is 1.96. The molecule has 1 aliphatic heterocycles. The third-order valence-corrected chi connectivity index (χ3v) is 4.59. The maximum atomic E-state index is 11.7. The van der Waals surface area contributed by atoms with Crippen LogP contribution in [-0.4, -0.2) is 30.0 Å².